The van der Waals surface area contributed by atoms with Gasteiger partial charge in [-0.2, -0.15) is 4.31 Å². The van der Waals surface area contributed by atoms with E-state index in [1.54, 1.807) is 12.4 Å². The summed E-state index contributed by atoms with van der Waals surface area (Å²) in [5.41, 5.74) is 1.10. The van der Waals surface area contributed by atoms with Gasteiger partial charge in [0.25, 0.3) is 0 Å². The zero-order valence-corrected chi connectivity index (χ0v) is 17.4. The molecule has 2 saturated heterocycles. The van der Waals surface area contributed by atoms with Gasteiger partial charge in [-0.25, -0.2) is 8.42 Å². The quantitative estimate of drug-likeness (QED) is 0.640. The minimum Gasteiger partial charge on any atom is -0.389 e. The highest BCUT2D eigenvalue weighted by Gasteiger charge is 2.41. The minimum atomic E-state index is -3.49. The SMILES string of the molecule is CS(=O)(=O)N1C[C@H](O)COC[C@@H]2O[C@@H](CC(=O)NCCc3ccncc3)CC[C@H]21. The third kappa shape index (κ3) is 6.45. The molecule has 3 rings (SSSR count). The van der Waals surface area contributed by atoms with Crippen LogP contribution >= 0.6 is 0 Å². The molecule has 9 nitrogen and oxygen atoms in total. The van der Waals surface area contributed by atoms with Crippen LogP contribution in [0.15, 0.2) is 24.5 Å². The number of rotatable bonds is 6. The van der Waals surface area contributed by atoms with Gasteiger partial charge in [0.05, 0.1) is 50.2 Å². The molecule has 1 aromatic heterocycles. The zero-order valence-electron chi connectivity index (χ0n) is 16.6. The molecular weight excluding hydrogens is 398 g/mol. The molecule has 1 amide bonds. The molecule has 2 aliphatic heterocycles. The Kier molecular flexibility index (Phi) is 7.58. The Balaban J connectivity index is 1.51. The molecule has 2 aliphatic rings. The van der Waals surface area contributed by atoms with Crippen LogP contribution in [-0.4, -0.2) is 85.6 Å². The number of aliphatic hydroxyl groups excluding tert-OH is 1. The second-order valence-electron chi connectivity index (χ2n) is 7.62. The second kappa shape index (κ2) is 9.94. The molecule has 0 bridgehead atoms. The summed E-state index contributed by atoms with van der Waals surface area (Å²) in [5.74, 6) is -0.0929. The molecule has 162 valence electrons. The fourth-order valence-electron chi connectivity index (χ4n) is 3.85. The molecule has 1 aromatic rings. The van der Waals surface area contributed by atoms with E-state index in [9.17, 15) is 18.3 Å². The predicted octanol–water partition coefficient (Wildman–Crippen LogP) is -0.301. The Bertz CT molecular complexity index is 775. The molecule has 3 heterocycles. The number of fused-ring (bicyclic) bond motifs is 1. The number of pyridine rings is 1. The maximum absolute atomic E-state index is 12.3. The average molecular weight is 428 g/mol. The van der Waals surface area contributed by atoms with E-state index in [0.717, 1.165) is 18.2 Å². The van der Waals surface area contributed by atoms with Crippen molar-refractivity contribution in [2.45, 2.75) is 50.0 Å². The van der Waals surface area contributed by atoms with Gasteiger partial charge in [-0.1, -0.05) is 0 Å². The van der Waals surface area contributed by atoms with Crippen LogP contribution in [0, 0.1) is 0 Å². The van der Waals surface area contributed by atoms with E-state index in [1.165, 1.54) is 4.31 Å². The van der Waals surface area contributed by atoms with Crippen LogP contribution in [0.3, 0.4) is 0 Å². The van der Waals surface area contributed by atoms with E-state index in [2.05, 4.69) is 10.3 Å². The number of hydrogen-bond donors (Lipinski definition) is 2. The van der Waals surface area contributed by atoms with Crippen LogP contribution in [-0.2, 0) is 30.7 Å². The lowest BCUT2D eigenvalue weighted by Crippen LogP contribution is -2.57. The smallest absolute Gasteiger partial charge is 0.222 e. The van der Waals surface area contributed by atoms with Crippen molar-refractivity contribution in [3.05, 3.63) is 30.1 Å². The Morgan fingerprint density at radius 3 is 2.79 bits per heavy atom. The first-order valence-corrected chi connectivity index (χ1v) is 11.7. The van der Waals surface area contributed by atoms with Gasteiger partial charge in [-0.05, 0) is 37.0 Å². The van der Waals surface area contributed by atoms with E-state index in [1.807, 2.05) is 12.1 Å². The molecule has 2 fully saturated rings. The minimum absolute atomic E-state index is 0.0104. The van der Waals surface area contributed by atoms with Gasteiger partial charge in [-0.3, -0.25) is 9.78 Å². The van der Waals surface area contributed by atoms with Gasteiger partial charge in [0.1, 0.15) is 0 Å². The molecule has 0 spiro atoms. The van der Waals surface area contributed by atoms with Crippen LogP contribution in [0.5, 0.6) is 0 Å². The molecule has 0 aromatic carbocycles. The Morgan fingerprint density at radius 1 is 1.31 bits per heavy atom. The fraction of sp³-hybridized carbons (Fsp3) is 0.684. The van der Waals surface area contributed by atoms with Crippen molar-refractivity contribution in [2.24, 2.45) is 0 Å². The summed E-state index contributed by atoms with van der Waals surface area (Å²) >= 11 is 0. The highest BCUT2D eigenvalue weighted by atomic mass is 32.2. The lowest BCUT2D eigenvalue weighted by molar-refractivity contribution is -0.146. The standard InChI is InChI=1S/C19H29N3O6S/c1-29(25,26)22-11-15(23)12-27-13-18-17(22)3-2-16(28-18)10-19(24)21-9-6-14-4-7-20-8-5-14/h4-5,7-8,15-18,23H,2-3,6,9-13H2,1H3,(H,21,24)/t15-,16+,17+,18-/m0/s1. The van der Waals surface area contributed by atoms with Crippen molar-refractivity contribution in [1.29, 1.82) is 0 Å². The number of nitrogens with zero attached hydrogens (tertiary/aromatic N) is 2. The van der Waals surface area contributed by atoms with Crippen LogP contribution < -0.4 is 5.32 Å². The second-order valence-corrected chi connectivity index (χ2v) is 9.56. The zero-order chi connectivity index (χ0) is 20.9. The highest BCUT2D eigenvalue weighted by molar-refractivity contribution is 7.88. The first kappa shape index (κ1) is 22.1. The molecule has 0 saturated carbocycles. The van der Waals surface area contributed by atoms with Gasteiger partial charge >= 0.3 is 0 Å². The summed E-state index contributed by atoms with van der Waals surface area (Å²) in [6.07, 6.45) is 5.05. The number of sulfonamides is 1. The number of amides is 1. The number of carbonyl (C=O) groups excluding carboxylic acids is 1. The van der Waals surface area contributed by atoms with E-state index in [4.69, 9.17) is 9.47 Å². The summed E-state index contributed by atoms with van der Waals surface area (Å²) in [7, 11) is -3.49. The fourth-order valence-corrected chi connectivity index (χ4v) is 5.03. The van der Waals surface area contributed by atoms with E-state index in [-0.39, 0.29) is 38.2 Å². The van der Waals surface area contributed by atoms with E-state index >= 15 is 0 Å². The largest absolute Gasteiger partial charge is 0.389 e. The number of hydrogen-bond acceptors (Lipinski definition) is 7. The normalized spacial score (nSPS) is 28.8. The van der Waals surface area contributed by atoms with Crippen LogP contribution in [0.1, 0.15) is 24.8 Å². The number of aliphatic hydroxyl groups is 1. The van der Waals surface area contributed by atoms with Crippen molar-refractivity contribution in [3.8, 4) is 0 Å². The first-order valence-electron chi connectivity index (χ1n) is 9.86. The summed E-state index contributed by atoms with van der Waals surface area (Å²) in [6, 6.07) is 3.43. The third-order valence-electron chi connectivity index (χ3n) is 5.26. The summed E-state index contributed by atoms with van der Waals surface area (Å²) < 4.78 is 37.2. The van der Waals surface area contributed by atoms with Gasteiger partial charge in [0.15, 0.2) is 0 Å². The highest BCUT2D eigenvalue weighted by Crippen LogP contribution is 2.29. The van der Waals surface area contributed by atoms with E-state index < -0.39 is 28.3 Å². The Labute approximate surface area is 171 Å². The number of ether oxygens (including phenoxy) is 2. The molecular formula is C19H29N3O6S. The summed E-state index contributed by atoms with van der Waals surface area (Å²) in [5, 5.41) is 12.8. The molecule has 0 radical (unpaired) electrons. The van der Waals surface area contributed by atoms with Crippen LogP contribution in [0.2, 0.25) is 0 Å². The van der Waals surface area contributed by atoms with Gasteiger partial charge < -0.3 is 19.9 Å². The molecule has 29 heavy (non-hydrogen) atoms. The van der Waals surface area contributed by atoms with Crippen LogP contribution in [0.4, 0.5) is 0 Å². The van der Waals surface area contributed by atoms with Gasteiger partial charge in [0.2, 0.25) is 15.9 Å². The number of carbonyl (C=O) groups is 1. The van der Waals surface area contributed by atoms with E-state index in [0.29, 0.717) is 19.4 Å². The number of nitrogens with one attached hydrogen (secondary N) is 1. The van der Waals surface area contributed by atoms with Gasteiger partial charge in [0, 0.05) is 25.5 Å². The van der Waals surface area contributed by atoms with Crippen molar-refractivity contribution in [1.82, 2.24) is 14.6 Å². The Morgan fingerprint density at radius 2 is 2.07 bits per heavy atom. The molecule has 4 atom stereocenters. The summed E-state index contributed by atoms with van der Waals surface area (Å²) in [4.78, 5) is 16.2. The van der Waals surface area contributed by atoms with Crippen LogP contribution in [0.25, 0.3) is 0 Å². The van der Waals surface area contributed by atoms with Crippen molar-refractivity contribution < 1.29 is 27.8 Å². The average Bonchev–Trinajstić information content (AvgIpc) is 2.65. The maximum Gasteiger partial charge on any atom is 0.222 e. The number of β-amino-alcohol motifs (C(OH)–C–C–N with tert-alkyl or cyclic N) is 1. The molecule has 0 unspecified atom stereocenters. The van der Waals surface area contributed by atoms with Crippen molar-refractivity contribution in [3.63, 3.8) is 0 Å². The lowest BCUT2D eigenvalue weighted by Gasteiger charge is -2.43. The number of aromatic nitrogens is 1. The van der Waals surface area contributed by atoms with Crippen molar-refractivity contribution in [2.75, 3.05) is 32.6 Å². The predicted molar refractivity (Wildman–Crippen MR) is 106 cm³/mol. The topological polar surface area (TPSA) is 118 Å². The monoisotopic (exact) mass is 427 g/mol. The third-order valence-corrected chi connectivity index (χ3v) is 6.53. The molecule has 2 N–H and O–H groups in total. The first-order chi connectivity index (χ1) is 13.8. The van der Waals surface area contributed by atoms with Gasteiger partial charge in [-0.15, -0.1) is 0 Å². The lowest BCUT2D eigenvalue weighted by atomic mass is 9.96. The maximum atomic E-state index is 12.3. The molecule has 0 aliphatic carbocycles. The van der Waals surface area contributed by atoms with Crippen molar-refractivity contribution >= 4 is 15.9 Å². The molecule has 10 heteroatoms. The Hall–Kier alpha value is -1.59. The summed E-state index contributed by atoms with van der Waals surface area (Å²) in [6.45, 7) is 0.765.